The average molecular weight is 358 g/mol. The summed E-state index contributed by atoms with van der Waals surface area (Å²) in [6.45, 7) is 4.40. The summed E-state index contributed by atoms with van der Waals surface area (Å²) in [5, 5.41) is 2.37. The summed E-state index contributed by atoms with van der Waals surface area (Å²) in [6.07, 6.45) is 6.99. The van der Waals surface area contributed by atoms with E-state index in [2.05, 4.69) is 29.2 Å². The summed E-state index contributed by atoms with van der Waals surface area (Å²) in [7, 11) is 0. The van der Waals surface area contributed by atoms with E-state index in [1.54, 1.807) is 0 Å². The third kappa shape index (κ3) is 4.52. The fraction of sp³-hybridized carbons (Fsp3) is 0.600. The van der Waals surface area contributed by atoms with Gasteiger partial charge in [-0.1, -0.05) is 37.5 Å². The first-order valence-electron chi connectivity index (χ1n) is 9.57. The second-order valence-corrected chi connectivity index (χ2v) is 8.17. The lowest BCUT2D eigenvalue weighted by molar-refractivity contribution is 0.0330. The molecule has 4 nitrogen and oxygen atoms in total. The van der Waals surface area contributed by atoms with Crippen LogP contribution in [0, 0.1) is 5.92 Å². The fourth-order valence-corrected chi connectivity index (χ4v) is 5.01. The highest BCUT2D eigenvalue weighted by Crippen LogP contribution is 2.32. The van der Waals surface area contributed by atoms with E-state index in [0.717, 1.165) is 50.1 Å². The highest BCUT2D eigenvalue weighted by Gasteiger charge is 2.17. The summed E-state index contributed by atoms with van der Waals surface area (Å²) < 4.78 is 5.45. The summed E-state index contributed by atoms with van der Waals surface area (Å²) in [4.78, 5) is 12.2. The largest absolute Gasteiger partial charge is 0.379 e. The van der Waals surface area contributed by atoms with Gasteiger partial charge in [0, 0.05) is 24.2 Å². The van der Waals surface area contributed by atoms with E-state index in [1.807, 2.05) is 11.8 Å². The number of nitrogens with zero attached hydrogens (tertiary/aromatic N) is 3. The highest BCUT2D eigenvalue weighted by atomic mass is 32.2. The Morgan fingerprint density at radius 2 is 1.84 bits per heavy atom. The minimum atomic E-state index is 0.816. The predicted molar refractivity (Wildman–Crippen MR) is 103 cm³/mol. The predicted octanol–water partition coefficient (Wildman–Crippen LogP) is 4.13. The van der Waals surface area contributed by atoms with Gasteiger partial charge >= 0.3 is 0 Å². The molecule has 2 heterocycles. The zero-order valence-electron chi connectivity index (χ0n) is 14.8. The van der Waals surface area contributed by atoms with Crippen LogP contribution >= 0.6 is 11.8 Å². The molecule has 5 heteroatoms. The molecular formula is C20H27N3OS. The maximum atomic E-state index is 5.45. The SMILES string of the molecule is c1ccc2c(SCC3CCCCC3)nc(CN3CCOCC3)nc2c1. The van der Waals surface area contributed by atoms with E-state index >= 15 is 0 Å². The third-order valence-electron chi connectivity index (χ3n) is 5.26. The highest BCUT2D eigenvalue weighted by molar-refractivity contribution is 7.99. The van der Waals surface area contributed by atoms with E-state index in [9.17, 15) is 0 Å². The standard InChI is InChI=1S/C20H27N3OS/c1-2-6-16(7-3-1)15-25-20-17-8-4-5-9-18(17)21-19(22-20)14-23-10-12-24-13-11-23/h4-5,8-9,16H,1-3,6-7,10-15H2. The maximum Gasteiger partial charge on any atom is 0.144 e. The molecule has 2 fully saturated rings. The molecule has 1 aliphatic heterocycles. The van der Waals surface area contributed by atoms with Crippen LogP contribution in [-0.4, -0.2) is 46.9 Å². The van der Waals surface area contributed by atoms with E-state index in [4.69, 9.17) is 14.7 Å². The van der Waals surface area contributed by atoms with E-state index < -0.39 is 0 Å². The van der Waals surface area contributed by atoms with Gasteiger partial charge in [0.2, 0.25) is 0 Å². The molecule has 1 saturated heterocycles. The number of hydrogen-bond donors (Lipinski definition) is 0. The number of ether oxygens (including phenoxy) is 1. The van der Waals surface area contributed by atoms with Crippen LogP contribution in [0.15, 0.2) is 29.3 Å². The molecule has 134 valence electrons. The summed E-state index contributed by atoms with van der Waals surface area (Å²) >= 11 is 1.94. The van der Waals surface area contributed by atoms with Crippen molar-refractivity contribution in [1.29, 1.82) is 0 Å². The topological polar surface area (TPSA) is 38.2 Å². The molecule has 0 radical (unpaired) electrons. The van der Waals surface area contributed by atoms with Gasteiger partial charge in [-0.3, -0.25) is 4.90 Å². The molecule has 1 aromatic heterocycles. The van der Waals surface area contributed by atoms with Crippen LogP contribution in [-0.2, 0) is 11.3 Å². The normalized spacial score (nSPS) is 20.2. The molecular weight excluding hydrogens is 330 g/mol. The van der Waals surface area contributed by atoms with Crippen LogP contribution in [0.5, 0.6) is 0 Å². The molecule has 0 unspecified atom stereocenters. The van der Waals surface area contributed by atoms with E-state index in [-0.39, 0.29) is 0 Å². The van der Waals surface area contributed by atoms with Gasteiger partial charge in [-0.25, -0.2) is 9.97 Å². The molecule has 1 saturated carbocycles. The second kappa shape index (κ2) is 8.47. The zero-order chi connectivity index (χ0) is 16.9. The van der Waals surface area contributed by atoms with Crippen LogP contribution in [0.4, 0.5) is 0 Å². The molecule has 0 atom stereocenters. The second-order valence-electron chi connectivity index (χ2n) is 7.17. The van der Waals surface area contributed by atoms with Crippen molar-refractivity contribution < 1.29 is 4.74 Å². The van der Waals surface area contributed by atoms with Gasteiger partial charge in [0.05, 0.1) is 25.3 Å². The first-order valence-corrected chi connectivity index (χ1v) is 10.6. The Kier molecular flexibility index (Phi) is 5.85. The van der Waals surface area contributed by atoms with Crippen LogP contribution in [0.2, 0.25) is 0 Å². The number of thioether (sulfide) groups is 1. The van der Waals surface area contributed by atoms with Gasteiger partial charge in [-0.15, -0.1) is 11.8 Å². The Morgan fingerprint density at radius 1 is 1.04 bits per heavy atom. The molecule has 4 rings (SSSR count). The van der Waals surface area contributed by atoms with Crippen molar-refractivity contribution in [3.05, 3.63) is 30.1 Å². The Labute approximate surface area is 154 Å². The third-order valence-corrected chi connectivity index (χ3v) is 6.49. The smallest absolute Gasteiger partial charge is 0.144 e. The fourth-order valence-electron chi connectivity index (χ4n) is 3.78. The minimum Gasteiger partial charge on any atom is -0.379 e. The number of aromatic nitrogens is 2. The first-order chi connectivity index (χ1) is 12.4. The number of morpholine rings is 1. The molecule has 25 heavy (non-hydrogen) atoms. The summed E-state index contributed by atoms with van der Waals surface area (Å²) in [5.74, 6) is 3.00. The first kappa shape index (κ1) is 17.3. The van der Waals surface area contributed by atoms with E-state index in [1.165, 1.54) is 48.3 Å². The number of fused-ring (bicyclic) bond motifs is 1. The van der Waals surface area contributed by atoms with Crippen LogP contribution in [0.1, 0.15) is 37.9 Å². The van der Waals surface area contributed by atoms with Gasteiger partial charge in [0.25, 0.3) is 0 Å². The van der Waals surface area contributed by atoms with Gasteiger partial charge < -0.3 is 4.74 Å². The van der Waals surface area contributed by atoms with Crippen molar-refractivity contribution in [3.8, 4) is 0 Å². The maximum absolute atomic E-state index is 5.45. The van der Waals surface area contributed by atoms with Gasteiger partial charge in [-0.05, 0) is 24.8 Å². The van der Waals surface area contributed by atoms with Crippen molar-refractivity contribution in [1.82, 2.24) is 14.9 Å². The summed E-state index contributed by atoms with van der Waals surface area (Å²) in [5.41, 5.74) is 1.08. The van der Waals surface area contributed by atoms with Crippen molar-refractivity contribution in [3.63, 3.8) is 0 Å². The van der Waals surface area contributed by atoms with Crippen LogP contribution in [0.25, 0.3) is 10.9 Å². The zero-order valence-corrected chi connectivity index (χ0v) is 15.6. The van der Waals surface area contributed by atoms with Crippen LogP contribution in [0.3, 0.4) is 0 Å². The number of para-hydroxylation sites is 1. The number of hydrogen-bond acceptors (Lipinski definition) is 5. The van der Waals surface area contributed by atoms with Gasteiger partial charge in [0.15, 0.2) is 0 Å². The van der Waals surface area contributed by atoms with Crippen molar-refractivity contribution in [2.75, 3.05) is 32.1 Å². The summed E-state index contributed by atoms with van der Waals surface area (Å²) in [6, 6.07) is 8.45. The van der Waals surface area contributed by atoms with Crippen molar-refractivity contribution >= 4 is 22.7 Å². The molecule has 1 aromatic carbocycles. The van der Waals surface area contributed by atoms with Gasteiger partial charge in [-0.2, -0.15) is 0 Å². The number of benzene rings is 1. The molecule has 2 aliphatic rings. The lowest BCUT2D eigenvalue weighted by Crippen LogP contribution is -2.36. The number of rotatable bonds is 5. The molecule has 0 bridgehead atoms. The molecule has 0 amide bonds. The molecule has 2 aromatic rings. The average Bonchev–Trinajstić information content (AvgIpc) is 2.68. The van der Waals surface area contributed by atoms with Crippen molar-refractivity contribution in [2.24, 2.45) is 5.92 Å². The minimum absolute atomic E-state index is 0.816. The Hall–Kier alpha value is -1.17. The van der Waals surface area contributed by atoms with E-state index in [0.29, 0.717) is 0 Å². The van der Waals surface area contributed by atoms with Crippen LogP contribution < -0.4 is 0 Å². The lowest BCUT2D eigenvalue weighted by Gasteiger charge is -2.26. The molecule has 1 aliphatic carbocycles. The Balaban J connectivity index is 1.52. The molecule has 0 N–H and O–H groups in total. The monoisotopic (exact) mass is 357 g/mol. The van der Waals surface area contributed by atoms with Gasteiger partial charge in [0.1, 0.15) is 10.9 Å². The quantitative estimate of drug-likeness (QED) is 0.594. The Bertz CT molecular complexity index is 696. The lowest BCUT2D eigenvalue weighted by atomic mass is 9.91. The molecule has 0 spiro atoms. The Morgan fingerprint density at radius 3 is 2.68 bits per heavy atom. The van der Waals surface area contributed by atoms with Crippen molar-refractivity contribution in [2.45, 2.75) is 43.7 Å².